The summed E-state index contributed by atoms with van der Waals surface area (Å²) in [4.78, 5) is 27.3. The van der Waals surface area contributed by atoms with Crippen LogP contribution >= 0.6 is 11.8 Å². The molecular formula is C18H17FN2O2S. The molecule has 124 valence electrons. The zero-order valence-electron chi connectivity index (χ0n) is 13.3. The first-order chi connectivity index (χ1) is 11.5. The van der Waals surface area contributed by atoms with Crippen LogP contribution in [-0.2, 0) is 4.79 Å². The topological polar surface area (TPSA) is 40.6 Å². The molecule has 2 aliphatic rings. The molecule has 0 aliphatic carbocycles. The van der Waals surface area contributed by atoms with E-state index in [4.69, 9.17) is 6.42 Å². The van der Waals surface area contributed by atoms with E-state index in [1.54, 1.807) is 12.1 Å². The summed E-state index contributed by atoms with van der Waals surface area (Å²) >= 11 is 0.831. The highest BCUT2D eigenvalue weighted by molar-refractivity contribution is 8.18. The molecule has 0 saturated carbocycles. The van der Waals surface area contributed by atoms with Gasteiger partial charge in [-0.25, -0.2) is 4.39 Å². The summed E-state index contributed by atoms with van der Waals surface area (Å²) in [6.45, 7) is 3.54. The number of halogens is 1. The van der Waals surface area contributed by atoms with Crippen LogP contribution in [0.1, 0.15) is 24.0 Å². The number of anilines is 1. The number of thioether (sulfide) groups is 1. The molecule has 6 heteroatoms. The van der Waals surface area contributed by atoms with E-state index in [0.717, 1.165) is 48.2 Å². The molecule has 2 fully saturated rings. The number of benzene rings is 1. The third-order valence-electron chi connectivity index (χ3n) is 4.19. The largest absolute Gasteiger partial charge is 0.369 e. The van der Waals surface area contributed by atoms with Gasteiger partial charge in [-0.2, -0.15) is 0 Å². The fraction of sp³-hybridized carbons (Fsp3) is 0.333. The molecule has 4 nitrogen and oxygen atoms in total. The molecule has 0 unspecified atom stereocenters. The summed E-state index contributed by atoms with van der Waals surface area (Å²) in [5.41, 5.74) is 2.06. The Morgan fingerprint density at radius 3 is 2.71 bits per heavy atom. The van der Waals surface area contributed by atoms with E-state index in [0.29, 0.717) is 11.3 Å². The van der Waals surface area contributed by atoms with Gasteiger partial charge in [-0.05, 0) is 60.9 Å². The smallest absolute Gasteiger partial charge is 0.294 e. The van der Waals surface area contributed by atoms with Gasteiger partial charge in [-0.15, -0.1) is 6.42 Å². The first kappa shape index (κ1) is 16.6. The maximum absolute atomic E-state index is 14.5. The molecule has 2 heterocycles. The normalized spacial score (nSPS) is 19.5. The highest BCUT2D eigenvalue weighted by atomic mass is 32.2. The van der Waals surface area contributed by atoms with Crippen molar-refractivity contribution in [1.29, 1.82) is 0 Å². The number of hydrogen-bond donors (Lipinski definition) is 0. The van der Waals surface area contributed by atoms with Crippen molar-refractivity contribution in [2.24, 2.45) is 0 Å². The third-order valence-corrected chi connectivity index (χ3v) is 5.10. The van der Waals surface area contributed by atoms with Gasteiger partial charge >= 0.3 is 0 Å². The van der Waals surface area contributed by atoms with Crippen LogP contribution in [0.5, 0.6) is 0 Å². The lowest BCUT2D eigenvalue weighted by atomic mass is 10.1. The van der Waals surface area contributed by atoms with E-state index in [1.807, 2.05) is 11.8 Å². The number of hydrogen-bond acceptors (Lipinski definition) is 4. The zero-order valence-corrected chi connectivity index (χ0v) is 14.2. The first-order valence-electron chi connectivity index (χ1n) is 7.75. The molecule has 0 bridgehead atoms. The number of carbonyl (C=O) groups is 2. The van der Waals surface area contributed by atoms with Gasteiger partial charge in [0.05, 0.1) is 17.1 Å². The quantitative estimate of drug-likeness (QED) is 0.622. The molecule has 0 atom stereocenters. The van der Waals surface area contributed by atoms with Crippen LogP contribution in [0.15, 0.2) is 17.0 Å². The number of rotatable bonds is 3. The molecule has 1 aromatic carbocycles. The Bertz CT molecular complexity index is 776. The predicted octanol–water partition coefficient (Wildman–Crippen LogP) is 3.40. The van der Waals surface area contributed by atoms with Gasteiger partial charge in [0, 0.05) is 13.1 Å². The van der Waals surface area contributed by atoms with E-state index < -0.39 is 11.1 Å². The van der Waals surface area contributed by atoms with Crippen molar-refractivity contribution >= 4 is 34.7 Å². The molecule has 0 N–H and O–H groups in total. The fourth-order valence-corrected chi connectivity index (χ4v) is 3.74. The zero-order chi connectivity index (χ0) is 17.3. The average Bonchev–Trinajstić information content (AvgIpc) is 3.15. The highest BCUT2D eigenvalue weighted by Crippen LogP contribution is 2.34. The average molecular weight is 344 g/mol. The number of aryl methyl sites for hydroxylation is 1. The van der Waals surface area contributed by atoms with Crippen LogP contribution < -0.4 is 4.90 Å². The standard InChI is InChI=1S/C18H17FN2O2S/c1-3-6-21-17(22)16(24-18(21)23)11-13-10-14(19)15(9-12(13)2)20-7-4-5-8-20/h1,9-11H,4-8H2,2H3. The Morgan fingerprint density at radius 1 is 1.33 bits per heavy atom. The molecular weight excluding hydrogens is 327 g/mol. The summed E-state index contributed by atoms with van der Waals surface area (Å²) in [6, 6.07) is 3.23. The van der Waals surface area contributed by atoms with Gasteiger partial charge in [-0.1, -0.05) is 5.92 Å². The summed E-state index contributed by atoms with van der Waals surface area (Å²) in [6.07, 6.45) is 8.88. The Balaban J connectivity index is 1.90. The lowest BCUT2D eigenvalue weighted by molar-refractivity contribution is -0.122. The van der Waals surface area contributed by atoms with Gasteiger partial charge < -0.3 is 4.90 Å². The van der Waals surface area contributed by atoms with Crippen molar-refractivity contribution in [3.8, 4) is 12.3 Å². The van der Waals surface area contributed by atoms with Crippen molar-refractivity contribution in [3.63, 3.8) is 0 Å². The minimum atomic E-state index is -0.425. The summed E-state index contributed by atoms with van der Waals surface area (Å²) in [7, 11) is 0. The van der Waals surface area contributed by atoms with Crippen LogP contribution in [-0.4, -0.2) is 35.7 Å². The Hall–Kier alpha value is -2.26. The lowest BCUT2D eigenvalue weighted by Gasteiger charge is -2.19. The molecule has 2 amide bonds. The van der Waals surface area contributed by atoms with Crippen LogP contribution in [0.3, 0.4) is 0 Å². The van der Waals surface area contributed by atoms with Crippen molar-refractivity contribution in [3.05, 3.63) is 34.0 Å². The summed E-state index contributed by atoms with van der Waals surface area (Å²) in [5, 5.41) is -0.393. The van der Waals surface area contributed by atoms with Gasteiger partial charge in [-0.3, -0.25) is 14.5 Å². The predicted molar refractivity (Wildman–Crippen MR) is 94.1 cm³/mol. The molecule has 3 rings (SSSR count). The fourth-order valence-electron chi connectivity index (χ4n) is 2.91. The van der Waals surface area contributed by atoms with Gasteiger partial charge in [0.25, 0.3) is 11.1 Å². The molecule has 24 heavy (non-hydrogen) atoms. The van der Waals surface area contributed by atoms with Crippen LogP contribution in [0.2, 0.25) is 0 Å². The molecule has 2 saturated heterocycles. The lowest BCUT2D eigenvalue weighted by Crippen LogP contribution is -2.28. The second-order valence-electron chi connectivity index (χ2n) is 5.83. The summed E-state index contributed by atoms with van der Waals surface area (Å²) < 4.78 is 14.5. The maximum atomic E-state index is 14.5. The highest BCUT2D eigenvalue weighted by Gasteiger charge is 2.34. The number of carbonyl (C=O) groups excluding carboxylic acids is 2. The van der Waals surface area contributed by atoms with Crippen LogP contribution in [0.4, 0.5) is 14.9 Å². The van der Waals surface area contributed by atoms with E-state index in [9.17, 15) is 14.0 Å². The van der Waals surface area contributed by atoms with Crippen molar-refractivity contribution in [2.75, 3.05) is 24.5 Å². The van der Waals surface area contributed by atoms with Crippen molar-refractivity contribution < 1.29 is 14.0 Å². The molecule has 0 aromatic heterocycles. The second-order valence-corrected chi connectivity index (χ2v) is 6.82. The summed E-state index contributed by atoms with van der Waals surface area (Å²) in [5.74, 6) is 1.56. The van der Waals surface area contributed by atoms with E-state index >= 15 is 0 Å². The Morgan fingerprint density at radius 2 is 2.04 bits per heavy atom. The number of imide groups is 1. The van der Waals surface area contributed by atoms with Gasteiger partial charge in [0.1, 0.15) is 5.82 Å². The number of nitrogens with zero attached hydrogens (tertiary/aromatic N) is 2. The monoisotopic (exact) mass is 344 g/mol. The Kier molecular flexibility index (Phi) is 4.63. The van der Waals surface area contributed by atoms with E-state index in [-0.39, 0.29) is 17.3 Å². The minimum absolute atomic E-state index is 0.0523. The molecule has 0 radical (unpaired) electrons. The van der Waals surface area contributed by atoms with Crippen LogP contribution in [0.25, 0.3) is 6.08 Å². The number of terminal acetylenes is 1. The maximum Gasteiger partial charge on any atom is 0.294 e. The first-order valence-corrected chi connectivity index (χ1v) is 8.57. The van der Waals surface area contributed by atoms with E-state index in [1.165, 1.54) is 6.07 Å². The van der Waals surface area contributed by atoms with E-state index in [2.05, 4.69) is 5.92 Å². The van der Waals surface area contributed by atoms with Crippen molar-refractivity contribution in [2.45, 2.75) is 19.8 Å². The third kappa shape index (κ3) is 3.04. The SMILES string of the molecule is C#CCN1C(=O)SC(=Cc2cc(F)c(N3CCCC3)cc2C)C1=O. The molecule has 2 aliphatic heterocycles. The molecule has 1 aromatic rings. The minimum Gasteiger partial charge on any atom is -0.369 e. The van der Waals surface area contributed by atoms with Gasteiger partial charge in [0.15, 0.2) is 0 Å². The second kappa shape index (κ2) is 6.70. The number of amides is 2. The van der Waals surface area contributed by atoms with Crippen molar-refractivity contribution in [1.82, 2.24) is 4.90 Å². The van der Waals surface area contributed by atoms with Crippen LogP contribution in [0, 0.1) is 25.1 Å². The Labute approximate surface area is 144 Å². The van der Waals surface area contributed by atoms with Gasteiger partial charge in [0.2, 0.25) is 0 Å². The molecule has 0 spiro atoms.